The van der Waals surface area contributed by atoms with Gasteiger partial charge in [0.25, 0.3) is 0 Å². The van der Waals surface area contributed by atoms with Crippen molar-refractivity contribution in [2.45, 2.75) is 64.5 Å². The minimum absolute atomic E-state index is 0.0714. The number of aromatic nitrogens is 9. The minimum Gasteiger partial charge on any atom is -0.364 e. The van der Waals surface area contributed by atoms with Crippen molar-refractivity contribution in [3.63, 3.8) is 0 Å². The number of alkyl halides is 3. The summed E-state index contributed by atoms with van der Waals surface area (Å²) in [6.07, 6.45) is 0.879. The van der Waals surface area contributed by atoms with Crippen LogP contribution in [0.25, 0.3) is 11.2 Å². The number of aryl methyl sites for hydroxylation is 2. The van der Waals surface area contributed by atoms with Gasteiger partial charge in [0.15, 0.2) is 26.5 Å². The molecule has 0 radical (unpaired) electrons. The van der Waals surface area contributed by atoms with E-state index in [4.69, 9.17) is 0 Å². The summed E-state index contributed by atoms with van der Waals surface area (Å²) in [5, 5.41) is 12.2. The number of rotatable bonds is 6. The molecule has 0 aliphatic carbocycles. The van der Waals surface area contributed by atoms with E-state index in [2.05, 4.69) is 62.6 Å². The van der Waals surface area contributed by atoms with Crippen molar-refractivity contribution >= 4 is 39.6 Å². The first-order valence-corrected chi connectivity index (χ1v) is 12.0. The van der Waals surface area contributed by atoms with Gasteiger partial charge in [0, 0.05) is 66.8 Å². The van der Waals surface area contributed by atoms with Crippen LogP contribution >= 0.6 is 22.6 Å². The lowest BCUT2D eigenvalue weighted by Crippen LogP contribution is -2.33. The van der Waals surface area contributed by atoms with Gasteiger partial charge in [-0.05, 0) is 13.3 Å². The molecule has 1 N–H and O–H groups in total. The molecule has 4 aromatic heterocycles. The molecule has 1 aliphatic heterocycles. The molecule has 34 heavy (non-hydrogen) atoms. The molecule has 4 aromatic rings. The van der Waals surface area contributed by atoms with Crippen LogP contribution in [0.15, 0.2) is 18.9 Å². The molecule has 0 amide bonds. The molecular weight excluding hydrogens is 564 g/mol. The highest BCUT2D eigenvalue weighted by atomic mass is 127. The first-order chi connectivity index (χ1) is 16.2. The predicted octanol–water partition coefficient (Wildman–Crippen LogP) is 3.49. The fourth-order valence-corrected chi connectivity index (χ4v) is 5.13. The van der Waals surface area contributed by atoms with E-state index in [1.807, 2.05) is 18.4 Å². The van der Waals surface area contributed by atoms with Gasteiger partial charge in [-0.3, -0.25) is 0 Å². The number of fused-ring (bicyclic) bond motifs is 2. The molecule has 0 fully saturated rings. The Hall–Kier alpha value is -2.78. The summed E-state index contributed by atoms with van der Waals surface area (Å²) in [7, 11) is 0. The lowest BCUT2D eigenvalue weighted by Gasteiger charge is -2.26. The Morgan fingerprint density at radius 2 is 2.06 bits per heavy atom. The van der Waals surface area contributed by atoms with E-state index in [9.17, 15) is 13.2 Å². The third-order valence-corrected chi connectivity index (χ3v) is 6.79. The van der Waals surface area contributed by atoms with Crippen molar-refractivity contribution in [3.8, 4) is 0 Å². The second-order valence-corrected chi connectivity index (χ2v) is 9.30. The van der Waals surface area contributed by atoms with E-state index in [0.717, 1.165) is 52.2 Å². The van der Waals surface area contributed by atoms with Crippen molar-refractivity contribution in [3.05, 3.63) is 40.0 Å². The van der Waals surface area contributed by atoms with Crippen LogP contribution in [0.1, 0.15) is 43.5 Å². The van der Waals surface area contributed by atoms with Gasteiger partial charge in [0.2, 0.25) is 0 Å². The predicted molar refractivity (Wildman–Crippen MR) is 125 cm³/mol. The number of hydrogen-bond donors (Lipinski definition) is 1. The fraction of sp³-hybridized carbons (Fsp3) is 0.500. The molecule has 1 aliphatic rings. The number of hydrogen-bond acceptors (Lipinski definition) is 7. The number of nitrogens with one attached hydrogen (secondary N) is 1. The lowest BCUT2D eigenvalue weighted by atomic mass is 10.1. The molecule has 2 unspecified atom stereocenters. The molecule has 10 nitrogen and oxygen atoms in total. The molecule has 2 atom stereocenters. The summed E-state index contributed by atoms with van der Waals surface area (Å²) in [5.74, 6) is 2.15. The second-order valence-electron chi connectivity index (χ2n) is 8.34. The number of nitrogens with zero attached hydrogens (tertiary/aromatic N) is 9. The molecule has 5 rings (SSSR count). The van der Waals surface area contributed by atoms with Crippen molar-refractivity contribution in [2.24, 2.45) is 0 Å². The van der Waals surface area contributed by atoms with Crippen LogP contribution in [0.4, 0.5) is 19.0 Å². The highest BCUT2D eigenvalue weighted by Crippen LogP contribution is 2.29. The summed E-state index contributed by atoms with van der Waals surface area (Å²) < 4.78 is 45.0. The van der Waals surface area contributed by atoms with E-state index in [1.165, 1.54) is 17.2 Å². The maximum absolute atomic E-state index is 12.9. The summed E-state index contributed by atoms with van der Waals surface area (Å²) in [6, 6.07) is 0.0714. The smallest absolute Gasteiger partial charge is 0.364 e. The molecular formula is C20H22F3IN10. The van der Waals surface area contributed by atoms with Crippen molar-refractivity contribution in [1.29, 1.82) is 0 Å². The highest BCUT2D eigenvalue weighted by molar-refractivity contribution is 14.1. The normalized spacial score (nSPS) is 17.2. The van der Waals surface area contributed by atoms with Gasteiger partial charge in [-0.1, -0.05) is 6.92 Å². The van der Waals surface area contributed by atoms with Gasteiger partial charge >= 0.3 is 6.18 Å². The Labute approximate surface area is 206 Å². The minimum atomic E-state index is -4.46. The average Bonchev–Trinajstić information content (AvgIpc) is 3.50. The molecule has 0 spiro atoms. The molecule has 0 aromatic carbocycles. The van der Waals surface area contributed by atoms with Gasteiger partial charge in [-0.15, -0.1) is 10.2 Å². The molecule has 0 bridgehead atoms. The Bertz CT molecular complexity index is 1320. The van der Waals surface area contributed by atoms with Gasteiger partial charge in [0.05, 0.1) is 6.33 Å². The van der Waals surface area contributed by atoms with Crippen LogP contribution in [0.2, 0.25) is 0 Å². The number of imidazole rings is 2. The fourth-order valence-electron chi connectivity index (χ4n) is 4.32. The zero-order valence-corrected chi connectivity index (χ0v) is 20.6. The molecule has 0 saturated heterocycles. The van der Waals surface area contributed by atoms with E-state index in [1.54, 1.807) is 0 Å². The Morgan fingerprint density at radius 1 is 1.24 bits per heavy atom. The van der Waals surface area contributed by atoms with Crippen LogP contribution < -0.4 is 5.32 Å². The first kappa shape index (κ1) is 23.0. The van der Waals surface area contributed by atoms with Crippen LogP contribution in [-0.4, -0.2) is 49.9 Å². The van der Waals surface area contributed by atoms with Gasteiger partial charge in [-0.2, -0.15) is 13.2 Å². The summed E-state index contributed by atoms with van der Waals surface area (Å²) >= 11 is 2.19. The summed E-state index contributed by atoms with van der Waals surface area (Å²) in [4.78, 5) is 16.9. The molecule has 14 heteroatoms. The molecule has 180 valence electrons. The molecule has 0 saturated carbocycles. The highest BCUT2D eigenvalue weighted by Gasteiger charge is 2.34. The quantitative estimate of drug-likeness (QED) is 0.273. The summed E-state index contributed by atoms with van der Waals surface area (Å²) in [5.41, 5.74) is 0.624. The van der Waals surface area contributed by atoms with Crippen LogP contribution in [0, 0.1) is 3.83 Å². The maximum Gasteiger partial charge on any atom is 0.434 e. The first-order valence-electron chi connectivity index (χ1n) is 10.9. The van der Waals surface area contributed by atoms with Crippen LogP contribution in [0.5, 0.6) is 0 Å². The topological polar surface area (TPSA) is 104 Å². The van der Waals surface area contributed by atoms with Crippen molar-refractivity contribution in [1.82, 2.24) is 43.8 Å². The Balaban J connectivity index is 1.34. The second kappa shape index (κ2) is 8.78. The zero-order chi connectivity index (χ0) is 24.0. The van der Waals surface area contributed by atoms with Crippen molar-refractivity contribution in [2.75, 3.05) is 5.32 Å². The number of anilines is 1. The maximum atomic E-state index is 12.9. The standard InChI is InChI=1S/C20H22F3IN10/c1-3-33-18-15(29-19(33)24)16(25-9-26-18)28-12-4-5-14-30-31-17(34(14)7-12)11(2)6-32-8-13(27-10-32)20(21,22)23/h8-12H,3-7H2,1-2H3,(H,25,26,28). The Morgan fingerprint density at radius 3 is 2.79 bits per heavy atom. The zero-order valence-electron chi connectivity index (χ0n) is 18.5. The van der Waals surface area contributed by atoms with Crippen molar-refractivity contribution < 1.29 is 13.2 Å². The Kier molecular flexibility index (Phi) is 5.93. The van der Waals surface area contributed by atoms with Crippen LogP contribution in [-0.2, 0) is 32.2 Å². The average molecular weight is 586 g/mol. The van der Waals surface area contributed by atoms with Gasteiger partial charge in [-0.25, -0.2) is 19.9 Å². The lowest BCUT2D eigenvalue weighted by molar-refractivity contribution is -0.141. The summed E-state index contributed by atoms with van der Waals surface area (Å²) in [6.45, 7) is 5.68. The largest absolute Gasteiger partial charge is 0.434 e. The third-order valence-electron chi connectivity index (χ3n) is 5.97. The van der Waals surface area contributed by atoms with E-state index in [-0.39, 0.29) is 12.0 Å². The van der Waals surface area contributed by atoms with E-state index in [0.29, 0.717) is 18.9 Å². The molecule has 5 heterocycles. The van der Waals surface area contributed by atoms with Gasteiger partial charge < -0.3 is 19.0 Å². The third kappa shape index (κ3) is 4.22. The van der Waals surface area contributed by atoms with Crippen LogP contribution in [0.3, 0.4) is 0 Å². The SMILES string of the molecule is CCn1c(I)nc2c(NC3CCc4nnc(C(C)Cn5cnc(C(F)(F)F)c5)n4C3)ncnc21. The van der Waals surface area contributed by atoms with E-state index < -0.39 is 11.9 Å². The van der Waals surface area contributed by atoms with E-state index >= 15 is 0 Å². The number of halogens is 4. The van der Waals surface area contributed by atoms with Gasteiger partial charge in [0.1, 0.15) is 18.0 Å². The monoisotopic (exact) mass is 586 g/mol.